The number of amides is 2. The van der Waals surface area contributed by atoms with Gasteiger partial charge in [0.25, 0.3) is 11.1 Å². The Bertz CT molecular complexity index is 1230. The lowest BCUT2D eigenvalue weighted by molar-refractivity contribution is -0.122. The molecule has 0 spiro atoms. The van der Waals surface area contributed by atoms with E-state index >= 15 is 0 Å². The highest BCUT2D eigenvalue weighted by molar-refractivity contribution is 8.18. The van der Waals surface area contributed by atoms with Crippen molar-refractivity contribution in [1.29, 1.82) is 0 Å². The molecule has 1 saturated heterocycles. The maximum Gasteiger partial charge on any atom is 0.293 e. The predicted octanol–water partition coefficient (Wildman–Crippen LogP) is 6.53. The third kappa shape index (κ3) is 3.69. The van der Waals surface area contributed by atoms with E-state index in [0.717, 1.165) is 39.5 Å². The van der Waals surface area contributed by atoms with E-state index in [4.69, 9.17) is 23.2 Å². The molecule has 0 N–H and O–H groups in total. The maximum atomic E-state index is 12.7. The molecule has 0 unspecified atom stereocenters. The average molecular weight is 457 g/mol. The van der Waals surface area contributed by atoms with Crippen molar-refractivity contribution in [2.75, 3.05) is 6.54 Å². The summed E-state index contributed by atoms with van der Waals surface area (Å²) in [5, 5.41) is 1.93. The van der Waals surface area contributed by atoms with Crippen molar-refractivity contribution in [3.05, 3.63) is 86.9 Å². The molecule has 7 heteroatoms. The van der Waals surface area contributed by atoms with E-state index in [1.54, 1.807) is 12.1 Å². The summed E-state index contributed by atoms with van der Waals surface area (Å²) in [6, 6.07) is 13.5. The smallest absolute Gasteiger partial charge is 0.293 e. The van der Waals surface area contributed by atoms with E-state index in [1.165, 1.54) is 4.90 Å². The van der Waals surface area contributed by atoms with Crippen LogP contribution in [0.3, 0.4) is 0 Å². The molecule has 1 fully saturated rings. The summed E-state index contributed by atoms with van der Waals surface area (Å²) in [6.07, 6.45) is 3.36. The van der Waals surface area contributed by atoms with Crippen LogP contribution in [0.1, 0.15) is 16.8 Å². The highest BCUT2D eigenvalue weighted by Crippen LogP contribution is 2.36. The van der Waals surface area contributed by atoms with Gasteiger partial charge in [-0.15, -0.1) is 6.58 Å². The van der Waals surface area contributed by atoms with E-state index in [2.05, 4.69) is 11.1 Å². The molecule has 2 amide bonds. The summed E-state index contributed by atoms with van der Waals surface area (Å²) in [6.45, 7) is 6.39. The molecule has 2 aromatic carbocycles. The molecular formula is C23H18Cl2N2O2S. The van der Waals surface area contributed by atoms with Crippen LogP contribution in [-0.2, 0) is 11.3 Å². The summed E-state index contributed by atoms with van der Waals surface area (Å²) >= 11 is 13.4. The standard InChI is InChI=1S/C23H18Cl2N2O2S/c1-3-10-26-22(28)21(30-23(26)29)12-18-14(2)27(20-7-5-4-6-17(18)20)13-15-8-9-16(24)11-19(15)25/h3-9,11-12H,1,10,13H2,2H3/b21-12+. The monoisotopic (exact) mass is 456 g/mol. The average Bonchev–Trinajstić information content (AvgIpc) is 3.13. The van der Waals surface area contributed by atoms with Crippen molar-refractivity contribution in [2.24, 2.45) is 0 Å². The van der Waals surface area contributed by atoms with Gasteiger partial charge in [-0.25, -0.2) is 0 Å². The number of para-hydroxylation sites is 1. The molecule has 1 aliphatic rings. The van der Waals surface area contributed by atoms with E-state index in [0.29, 0.717) is 21.5 Å². The van der Waals surface area contributed by atoms with Crippen LogP contribution in [0.25, 0.3) is 17.0 Å². The van der Waals surface area contributed by atoms with Crippen molar-refractivity contribution in [2.45, 2.75) is 13.5 Å². The van der Waals surface area contributed by atoms with Gasteiger partial charge in [0.05, 0.1) is 4.91 Å². The zero-order valence-corrected chi connectivity index (χ0v) is 18.5. The Labute approximate surface area is 188 Å². The number of imide groups is 1. The summed E-state index contributed by atoms with van der Waals surface area (Å²) in [4.78, 5) is 26.5. The van der Waals surface area contributed by atoms with E-state index < -0.39 is 0 Å². The number of rotatable bonds is 5. The number of benzene rings is 2. The summed E-state index contributed by atoms with van der Waals surface area (Å²) in [5.74, 6) is -0.290. The van der Waals surface area contributed by atoms with Crippen LogP contribution in [0.2, 0.25) is 10.0 Å². The minimum absolute atomic E-state index is 0.206. The number of carbonyl (C=O) groups excluding carboxylic acids is 2. The Hall–Kier alpha value is -2.47. The molecule has 152 valence electrons. The van der Waals surface area contributed by atoms with Gasteiger partial charge in [0.1, 0.15) is 0 Å². The second-order valence-electron chi connectivity index (χ2n) is 6.92. The van der Waals surface area contributed by atoms with Gasteiger partial charge in [0.15, 0.2) is 0 Å². The zero-order valence-electron chi connectivity index (χ0n) is 16.2. The maximum absolute atomic E-state index is 12.7. The van der Waals surface area contributed by atoms with Crippen LogP contribution in [0.5, 0.6) is 0 Å². The Morgan fingerprint density at radius 1 is 1.13 bits per heavy atom. The Balaban J connectivity index is 1.81. The normalized spacial score (nSPS) is 15.6. The fourth-order valence-electron chi connectivity index (χ4n) is 3.58. The first-order valence-corrected chi connectivity index (χ1v) is 10.9. The molecule has 1 aliphatic heterocycles. The molecule has 1 aromatic heterocycles. The Morgan fingerprint density at radius 2 is 1.90 bits per heavy atom. The van der Waals surface area contributed by atoms with Crippen LogP contribution in [-0.4, -0.2) is 27.2 Å². The van der Waals surface area contributed by atoms with E-state index in [1.807, 2.05) is 49.4 Å². The number of hydrogen-bond acceptors (Lipinski definition) is 3. The molecule has 0 radical (unpaired) electrons. The molecular weight excluding hydrogens is 439 g/mol. The van der Waals surface area contributed by atoms with Crippen LogP contribution in [0.15, 0.2) is 60.0 Å². The molecule has 0 atom stereocenters. The lowest BCUT2D eigenvalue weighted by atomic mass is 10.1. The lowest BCUT2D eigenvalue weighted by Gasteiger charge is -2.11. The van der Waals surface area contributed by atoms with Crippen LogP contribution in [0, 0.1) is 6.92 Å². The lowest BCUT2D eigenvalue weighted by Crippen LogP contribution is -2.27. The quantitative estimate of drug-likeness (QED) is 0.323. The van der Waals surface area contributed by atoms with E-state index in [-0.39, 0.29) is 17.7 Å². The number of aromatic nitrogens is 1. The van der Waals surface area contributed by atoms with Crippen molar-refractivity contribution in [3.8, 4) is 0 Å². The number of hydrogen-bond donors (Lipinski definition) is 0. The minimum Gasteiger partial charge on any atom is -0.340 e. The van der Waals surface area contributed by atoms with E-state index in [9.17, 15) is 9.59 Å². The molecule has 30 heavy (non-hydrogen) atoms. The van der Waals surface area contributed by atoms with Gasteiger partial charge in [-0.3, -0.25) is 14.5 Å². The Morgan fingerprint density at radius 3 is 2.63 bits per heavy atom. The minimum atomic E-state index is -0.290. The molecule has 2 heterocycles. The number of thioether (sulfide) groups is 1. The fourth-order valence-corrected chi connectivity index (χ4v) is 4.88. The van der Waals surface area contributed by atoms with Crippen molar-refractivity contribution < 1.29 is 9.59 Å². The predicted molar refractivity (Wildman–Crippen MR) is 125 cm³/mol. The van der Waals surface area contributed by atoms with Gasteiger partial charge in [-0.2, -0.15) is 0 Å². The molecule has 0 bridgehead atoms. The van der Waals surface area contributed by atoms with Gasteiger partial charge in [-0.1, -0.05) is 53.5 Å². The largest absolute Gasteiger partial charge is 0.340 e. The van der Waals surface area contributed by atoms with Gasteiger partial charge in [0.2, 0.25) is 0 Å². The highest BCUT2D eigenvalue weighted by atomic mass is 35.5. The molecule has 4 nitrogen and oxygen atoms in total. The molecule has 3 aromatic rings. The third-order valence-corrected chi connectivity index (χ3v) is 6.58. The first-order chi connectivity index (χ1) is 14.4. The SMILES string of the molecule is C=CCN1C(=O)S/C(=C/c2c(C)n(Cc3ccc(Cl)cc3Cl)c3ccccc23)C1=O. The number of carbonyl (C=O) groups is 2. The molecule has 0 aliphatic carbocycles. The van der Waals surface area contributed by atoms with Crippen molar-refractivity contribution >= 4 is 63.1 Å². The third-order valence-electron chi connectivity index (χ3n) is 5.08. The van der Waals surface area contributed by atoms with Crippen LogP contribution in [0.4, 0.5) is 4.79 Å². The summed E-state index contributed by atoms with van der Waals surface area (Å²) in [5.41, 5.74) is 3.87. The van der Waals surface area contributed by atoms with Gasteiger partial charge < -0.3 is 4.57 Å². The Kier molecular flexibility index (Phi) is 5.78. The first-order valence-electron chi connectivity index (χ1n) is 9.28. The first kappa shape index (κ1) is 20.8. The van der Waals surface area contributed by atoms with Gasteiger partial charge >= 0.3 is 0 Å². The number of fused-ring (bicyclic) bond motifs is 1. The number of halogens is 2. The highest BCUT2D eigenvalue weighted by Gasteiger charge is 2.34. The van der Waals surface area contributed by atoms with Crippen molar-refractivity contribution in [3.63, 3.8) is 0 Å². The van der Waals surface area contributed by atoms with Crippen LogP contribution >= 0.6 is 35.0 Å². The fraction of sp³-hybridized carbons (Fsp3) is 0.130. The topological polar surface area (TPSA) is 42.3 Å². The summed E-state index contributed by atoms with van der Waals surface area (Å²) in [7, 11) is 0. The van der Waals surface area contributed by atoms with Crippen molar-refractivity contribution in [1.82, 2.24) is 9.47 Å². The van der Waals surface area contributed by atoms with Crippen LogP contribution < -0.4 is 0 Å². The van der Waals surface area contributed by atoms with Gasteiger partial charge in [-0.05, 0) is 48.5 Å². The second-order valence-corrected chi connectivity index (χ2v) is 8.76. The second kappa shape index (κ2) is 8.34. The molecule has 0 saturated carbocycles. The zero-order chi connectivity index (χ0) is 21.4. The van der Waals surface area contributed by atoms with Gasteiger partial charge in [0, 0.05) is 45.3 Å². The summed E-state index contributed by atoms with van der Waals surface area (Å²) < 4.78 is 2.16. The molecule has 4 rings (SSSR count). The number of nitrogens with zero attached hydrogens (tertiary/aromatic N) is 2.